The van der Waals surface area contributed by atoms with Gasteiger partial charge >= 0.3 is 0 Å². The molecule has 0 fully saturated rings. The molecule has 0 aromatic carbocycles. The third-order valence-corrected chi connectivity index (χ3v) is 3.38. The number of rotatable bonds is 7. The lowest BCUT2D eigenvalue weighted by Gasteiger charge is -2.21. The summed E-state index contributed by atoms with van der Waals surface area (Å²) in [4.78, 5) is 11.7. The maximum absolute atomic E-state index is 11.7. The molecule has 0 aliphatic rings. The lowest BCUT2D eigenvalue weighted by molar-refractivity contribution is -0.127. The predicted octanol–water partition coefficient (Wildman–Crippen LogP) is 0.372. The number of thioether (sulfide) groups is 1. The van der Waals surface area contributed by atoms with Gasteiger partial charge in [0.25, 0.3) is 0 Å². The Kier molecular flexibility index (Phi) is 7.22. The maximum atomic E-state index is 11.7. The highest BCUT2D eigenvalue weighted by molar-refractivity contribution is 7.99. The van der Waals surface area contributed by atoms with Crippen LogP contribution in [0.5, 0.6) is 0 Å². The maximum Gasteiger partial charge on any atom is 0.154 e. The Labute approximate surface area is 102 Å². The summed E-state index contributed by atoms with van der Waals surface area (Å²) in [5.74, 6) is 1.47. The number of carbonyl (C=O) groups excluding carboxylic acids is 1. The summed E-state index contributed by atoms with van der Waals surface area (Å²) in [7, 11) is 0. The van der Waals surface area contributed by atoms with Crippen LogP contribution in [0.15, 0.2) is 0 Å². The number of aliphatic hydroxyl groups is 1. The molecule has 5 N–H and O–H groups in total. The van der Waals surface area contributed by atoms with Crippen LogP contribution in [-0.2, 0) is 4.79 Å². The Bertz CT molecular complexity index is 217. The first kappa shape index (κ1) is 15.9. The second-order valence-corrected chi connectivity index (χ2v) is 6.12. The number of ketones is 1. The summed E-state index contributed by atoms with van der Waals surface area (Å²) < 4.78 is 0. The van der Waals surface area contributed by atoms with Gasteiger partial charge < -0.3 is 16.6 Å². The monoisotopic (exact) mass is 248 g/mol. The Morgan fingerprint density at radius 1 is 1.44 bits per heavy atom. The zero-order valence-electron chi connectivity index (χ0n) is 10.4. The van der Waals surface area contributed by atoms with Crippen LogP contribution in [0.2, 0.25) is 0 Å². The Morgan fingerprint density at radius 2 is 2.00 bits per heavy atom. The average Bonchev–Trinajstić information content (AvgIpc) is 2.21. The van der Waals surface area contributed by atoms with Crippen LogP contribution in [0.4, 0.5) is 0 Å². The molecule has 96 valence electrons. The zero-order valence-corrected chi connectivity index (χ0v) is 11.2. The number of carbonyl (C=O) groups is 1. The Balaban J connectivity index is 3.74. The van der Waals surface area contributed by atoms with Crippen LogP contribution in [0.3, 0.4) is 0 Å². The largest absolute Gasteiger partial charge is 0.391 e. The van der Waals surface area contributed by atoms with Crippen LogP contribution in [0, 0.1) is 5.41 Å². The lowest BCUT2D eigenvalue weighted by atomic mass is 9.86. The number of nitrogens with two attached hydrogens (primary N) is 2. The second kappa shape index (κ2) is 7.27. The van der Waals surface area contributed by atoms with Crippen molar-refractivity contribution in [3.05, 3.63) is 0 Å². The van der Waals surface area contributed by atoms with Crippen LogP contribution >= 0.6 is 11.8 Å². The molecule has 0 heterocycles. The van der Waals surface area contributed by atoms with Gasteiger partial charge in [-0.3, -0.25) is 4.79 Å². The first-order valence-electron chi connectivity index (χ1n) is 5.54. The highest BCUT2D eigenvalue weighted by Gasteiger charge is 2.26. The van der Waals surface area contributed by atoms with E-state index in [1.54, 1.807) is 11.8 Å². The number of aliphatic hydroxyl groups excluding tert-OH is 1. The molecule has 0 radical (unpaired) electrons. The van der Waals surface area contributed by atoms with Crippen molar-refractivity contribution < 1.29 is 9.90 Å². The molecule has 0 amide bonds. The average molecular weight is 248 g/mol. The minimum Gasteiger partial charge on any atom is -0.391 e. The quantitative estimate of drug-likeness (QED) is 0.566. The summed E-state index contributed by atoms with van der Waals surface area (Å²) >= 11 is 1.58. The van der Waals surface area contributed by atoms with Gasteiger partial charge in [-0.1, -0.05) is 20.8 Å². The minimum atomic E-state index is -0.459. The van der Waals surface area contributed by atoms with E-state index in [2.05, 4.69) is 0 Å². The molecule has 0 aromatic rings. The Morgan fingerprint density at radius 3 is 2.44 bits per heavy atom. The van der Waals surface area contributed by atoms with E-state index in [1.807, 2.05) is 20.8 Å². The van der Waals surface area contributed by atoms with Crippen molar-refractivity contribution in [2.75, 3.05) is 18.1 Å². The standard InChI is InChI=1S/C11H24N2O2S/c1-11(2,3)10(15)9(13)4-5-16-7-8(14)6-12/h8-9,14H,4-7,12-13H2,1-3H3. The molecule has 0 saturated heterocycles. The molecule has 0 aromatic heterocycles. The van der Waals surface area contributed by atoms with E-state index in [4.69, 9.17) is 11.5 Å². The van der Waals surface area contributed by atoms with Crippen molar-refractivity contribution in [1.82, 2.24) is 0 Å². The van der Waals surface area contributed by atoms with E-state index in [0.717, 1.165) is 5.75 Å². The molecule has 0 rings (SSSR count). The van der Waals surface area contributed by atoms with Crippen LogP contribution in [0.25, 0.3) is 0 Å². The van der Waals surface area contributed by atoms with Crippen molar-refractivity contribution in [3.8, 4) is 0 Å². The second-order valence-electron chi connectivity index (χ2n) is 4.97. The van der Waals surface area contributed by atoms with Crippen molar-refractivity contribution in [3.63, 3.8) is 0 Å². The smallest absolute Gasteiger partial charge is 0.154 e. The van der Waals surface area contributed by atoms with Crippen molar-refractivity contribution in [2.45, 2.75) is 39.3 Å². The van der Waals surface area contributed by atoms with E-state index in [1.165, 1.54) is 0 Å². The van der Waals surface area contributed by atoms with Gasteiger partial charge in [-0.2, -0.15) is 11.8 Å². The highest BCUT2D eigenvalue weighted by Crippen LogP contribution is 2.18. The summed E-state index contributed by atoms with van der Waals surface area (Å²) in [5.41, 5.74) is 10.7. The topological polar surface area (TPSA) is 89.3 Å². The first-order valence-corrected chi connectivity index (χ1v) is 6.70. The van der Waals surface area contributed by atoms with Gasteiger partial charge in [-0.25, -0.2) is 0 Å². The fourth-order valence-electron chi connectivity index (χ4n) is 1.18. The summed E-state index contributed by atoms with van der Waals surface area (Å²) in [6.45, 7) is 5.90. The molecule has 0 bridgehead atoms. The van der Waals surface area contributed by atoms with Gasteiger partial charge in [0.2, 0.25) is 0 Å². The van der Waals surface area contributed by atoms with Gasteiger partial charge in [0.05, 0.1) is 12.1 Å². The van der Waals surface area contributed by atoms with Crippen molar-refractivity contribution in [2.24, 2.45) is 16.9 Å². The molecule has 2 atom stereocenters. The molecule has 5 heteroatoms. The summed E-state index contributed by atoms with van der Waals surface area (Å²) in [6.07, 6.45) is 0.192. The molecular formula is C11H24N2O2S. The zero-order chi connectivity index (χ0) is 12.8. The molecule has 4 nitrogen and oxygen atoms in total. The molecule has 0 spiro atoms. The molecule has 16 heavy (non-hydrogen) atoms. The third-order valence-electron chi connectivity index (χ3n) is 2.23. The molecule has 0 aliphatic heterocycles. The van der Waals surface area contributed by atoms with Crippen LogP contribution < -0.4 is 11.5 Å². The molecule has 0 aliphatic carbocycles. The van der Waals surface area contributed by atoms with E-state index in [9.17, 15) is 9.90 Å². The van der Waals surface area contributed by atoms with Crippen LogP contribution in [0.1, 0.15) is 27.2 Å². The number of hydrogen-bond acceptors (Lipinski definition) is 5. The first-order chi connectivity index (χ1) is 7.29. The van der Waals surface area contributed by atoms with Crippen molar-refractivity contribution >= 4 is 17.5 Å². The summed E-state index contributed by atoms with van der Waals surface area (Å²) in [6, 6.07) is -0.400. The van der Waals surface area contributed by atoms with Gasteiger partial charge in [0.15, 0.2) is 5.78 Å². The highest BCUT2D eigenvalue weighted by atomic mass is 32.2. The molecule has 0 saturated carbocycles. The predicted molar refractivity (Wildman–Crippen MR) is 69.4 cm³/mol. The van der Waals surface area contributed by atoms with E-state index >= 15 is 0 Å². The Hall–Kier alpha value is -0.100. The van der Waals surface area contributed by atoms with Gasteiger partial charge in [0, 0.05) is 17.7 Å². The van der Waals surface area contributed by atoms with Crippen LogP contribution in [-0.4, -0.2) is 41.1 Å². The van der Waals surface area contributed by atoms with E-state index < -0.39 is 12.1 Å². The van der Waals surface area contributed by atoms with Gasteiger partial charge in [0.1, 0.15) is 0 Å². The fraction of sp³-hybridized carbons (Fsp3) is 0.909. The fourth-order valence-corrected chi connectivity index (χ4v) is 2.18. The van der Waals surface area contributed by atoms with Crippen molar-refractivity contribution in [1.29, 1.82) is 0 Å². The SMILES string of the molecule is CC(C)(C)C(=O)C(N)CCSCC(O)CN. The normalized spacial score (nSPS) is 15.9. The lowest BCUT2D eigenvalue weighted by Crippen LogP contribution is -2.39. The van der Waals surface area contributed by atoms with E-state index in [0.29, 0.717) is 12.2 Å². The van der Waals surface area contributed by atoms with Gasteiger partial charge in [-0.15, -0.1) is 0 Å². The number of Topliss-reactive ketones (excluding diaryl/α,β-unsaturated/α-hetero) is 1. The summed E-state index contributed by atoms with van der Waals surface area (Å²) in [5, 5.41) is 9.22. The van der Waals surface area contributed by atoms with E-state index in [-0.39, 0.29) is 17.7 Å². The third kappa shape index (κ3) is 6.48. The molecule has 2 unspecified atom stereocenters. The van der Waals surface area contributed by atoms with Gasteiger partial charge in [-0.05, 0) is 12.2 Å². The minimum absolute atomic E-state index is 0.0903. The number of hydrogen-bond donors (Lipinski definition) is 3. The molecular weight excluding hydrogens is 224 g/mol.